The van der Waals surface area contributed by atoms with E-state index in [4.69, 9.17) is 32.7 Å². The molecular weight excluding hydrogens is 383 g/mol. The van der Waals surface area contributed by atoms with Crippen molar-refractivity contribution >= 4 is 56.7 Å². The molecule has 1 N–H and O–H groups in total. The summed E-state index contributed by atoms with van der Waals surface area (Å²) in [6, 6.07) is 10.8. The van der Waals surface area contributed by atoms with Crippen LogP contribution in [0.3, 0.4) is 0 Å². The van der Waals surface area contributed by atoms with Crippen LogP contribution < -0.4 is 14.9 Å². The summed E-state index contributed by atoms with van der Waals surface area (Å²) in [7, 11) is 0. The molecule has 0 unspecified atom stereocenters. The molecule has 1 aliphatic heterocycles. The molecule has 126 valence electrons. The monoisotopic (exact) mass is 392 g/mol. The van der Waals surface area contributed by atoms with Crippen molar-refractivity contribution in [2.75, 3.05) is 6.79 Å². The molecule has 0 fully saturated rings. The fraction of sp³-hybridized carbons (Fsp3) is 0.0588. The predicted molar refractivity (Wildman–Crippen MR) is 99.5 cm³/mol. The average molecular weight is 393 g/mol. The molecule has 3 aromatic rings. The number of nitrogens with zero attached hydrogens (tertiary/aromatic N) is 1. The molecule has 1 aromatic heterocycles. The molecule has 5 nitrogen and oxygen atoms in total. The van der Waals surface area contributed by atoms with Crippen molar-refractivity contribution in [3.63, 3.8) is 0 Å². The largest absolute Gasteiger partial charge is 0.454 e. The number of amides is 1. The Hall–Kier alpha value is -2.28. The Labute approximate surface area is 156 Å². The average Bonchev–Trinajstić information content (AvgIpc) is 3.19. The second-order valence-electron chi connectivity index (χ2n) is 5.17. The number of benzene rings is 2. The summed E-state index contributed by atoms with van der Waals surface area (Å²) in [4.78, 5) is 12.7. The Balaban J connectivity index is 1.53. The fourth-order valence-electron chi connectivity index (χ4n) is 2.43. The fourth-order valence-corrected chi connectivity index (χ4v) is 4.27. The highest BCUT2D eigenvalue weighted by atomic mass is 35.5. The van der Waals surface area contributed by atoms with Gasteiger partial charge in [0.25, 0.3) is 5.91 Å². The van der Waals surface area contributed by atoms with Crippen molar-refractivity contribution in [2.24, 2.45) is 5.10 Å². The SMILES string of the molecule is O=C(N/N=C\c1ccc2c(c1)OCO2)c1sc2cccc(Cl)c2c1Cl. The van der Waals surface area contributed by atoms with Crippen LogP contribution in [0.4, 0.5) is 0 Å². The van der Waals surface area contributed by atoms with Crippen LogP contribution in [0.1, 0.15) is 15.2 Å². The summed E-state index contributed by atoms with van der Waals surface area (Å²) in [5.41, 5.74) is 3.25. The van der Waals surface area contributed by atoms with Gasteiger partial charge in [0, 0.05) is 10.1 Å². The lowest BCUT2D eigenvalue weighted by molar-refractivity contribution is 0.0959. The maximum absolute atomic E-state index is 12.3. The van der Waals surface area contributed by atoms with Crippen LogP contribution in [-0.4, -0.2) is 18.9 Å². The van der Waals surface area contributed by atoms with Gasteiger partial charge in [-0.05, 0) is 35.9 Å². The number of halogens is 2. The lowest BCUT2D eigenvalue weighted by atomic mass is 10.2. The summed E-state index contributed by atoms with van der Waals surface area (Å²) in [5.74, 6) is 0.951. The highest BCUT2D eigenvalue weighted by molar-refractivity contribution is 7.21. The number of hydrogen-bond acceptors (Lipinski definition) is 5. The highest BCUT2D eigenvalue weighted by Crippen LogP contribution is 2.39. The van der Waals surface area contributed by atoms with E-state index in [1.54, 1.807) is 18.2 Å². The van der Waals surface area contributed by atoms with Gasteiger partial charge in [-0.1, -0.05) is 29.3 Å². The van der Waals surface area contributed by atoms with Crippen molar-refractivity contribution in [1.29, 1.82) is 0 Å². The van der Waals surface area contributed by atoms with Crippen LogP contribution in [0.5, 0.6) is 11.5 Å². The number of nitrogens with one attached hydrogen (secondary N) is 1. The van der Waals surface area contributed by atoms with E-state index in [9.17, 15) is 4.79 Å². The van der Waals surface area contributed by atoms with Gasteiger partial charge < -0.3 is 9.47 Å². The first kappa shape index (κ1) is 16.2. The van der Waals surface area contributed by atoms with E-state index in [1.165, 1.54) is 17.6 Å². The summed E-state index contributed by atoms with van der Waals surface area (Å²) >= 11 is 13.7. The molecule has 1 amide bonds. The van der Waals surface area contributed by atoms with E-state index in [0.717, 1.165) is 10.3 Å². The molecule has 0 radical (unpaired) electrons. The predicted octanol–water partition coefficient (Wildman–Crippen LogP) is 4.70. The summed E-state index contributed by atoms with van der Waals surface area (Å²) < 4.78 is 11.4. The van der Waals surface area contributed by atoms with Crippen LogP contribution in [0.25, 0.3) is 10.1 Å². The number of rotatable bonds is 3. The molecule has 0 atom stereocenters. The van der Waals surface area contributed by atoms with Gasteiger partial charge in [0.1, 0.15) is 4.88 Å². The van der Waals surface area contributed by atoms with Crippen molar-refractivity contribution in [2.45, 2.75) is 0 Å². The summed E-state index contributed by atoms with van der Waals surface area (Å²) in [6.07, 6.45) is 1.52. The van der Waals surface area contributed by atoms with Crippen LogP contribution in [0, 0.1) is 0 Å². The Kier molecular flexibility index (Phi) is 4.25. The Bertz CT molecular complexity index is 1020. The molecule has 0 saturated heterocycles. The minimum absolute atomic E-state index is 0.208. The second kappa shape index (κ2) is 6.55. The third kappa shape index (κ3) is 3.04. The molecule has 0 aliphatic carbocycles. The van der Waals surface area contributed by atoms with Gasteiger partial charge in [-0.25, -0.2) is 5.43 Å². The Morgan fingerprint density at radius 1 is 1.20 bits per heavy atom. The van der Waals surface area contributed by atoms with E-state index in [2.05, 4.69) is 10.5 Å². The van der Waals surface area contributed by atoms with Crippen molar-refractivity contribution in [3.8, 4) is 11.5 Å². The topological polar surface area (TPSA) is 59.9 Å². The molecule has 25 heavy (non-hydrogen) atoms. The van der Waals surface area contributed by atoms with Gasteiger partial charge in [0.2, 0.25) is 6.79 Å². The highest BCUT2D eigenvalue weighted by Gasteiger charge is 2.18. The maximum atomic E-state index is 12.3. The number of hydrazone groups is 1. The molecule has 1 aliphatic rings. The normalized spacial score (nSPS) is 12.9. The molecule has 0 bridgehead atoms. The number of thiophene rings is 1. The maximum Gasteiger partial charge on any atom is 0.283 e. The van der Waals surface area contributed by atoms with E-state index in [0.29, 0.717) is 31.8 Å². The van der Waals surface area contributed by atoms with Crippen LogP contribution in [0.15, 0.2) is 41.5 Å². The van der Waals surface area contributed by atoms with Crippen LogP contribution in [-0.2, 0) is 0 Å². The number of carbonyl (C=O) groups is 1. The molecule has 4 rings (SSSR count). The zero-order chi connectivity index (χ0) is 17.4. The molecular formula is C17H10Cl2N2O3S. The van der Waals surface area contributed by atoms with Gasteiger partial charge in [0.15, 0.2) is 11.5 Å². The number of fused-ring (bicyclic) bond motifs is 2. The van der Waals surface area contributed by atoms with Crippen molar-refractivity contribution in [3.05, 3.63) is 56.9 Å². The van der Waals surface area contributed by atoms with E-state index >= 15 is 0 Å². The minimum atomic E-state index is -0.390. The lowest BCUT2D eigenvalue weighted by Gasteiger charge is -1.99. The first-order valence-corrected chi connectivity index (χ1v) is 8.80. The van der Waals surface area contributed by atoms with Gasteiger partial charge in [-0.3, -0.25) is 4.79 Å². The first-order valence-electron chi connectivity index (χ1n) is 7.23. The number of hydrogen-bond donors (Lipinski definition) is 1. The smallest absolute Gasteiger partial charge is 0.283 e. The standard InChI is InChI=1S/C17H10Cl2N2O3S/c18-10-2-1-3-13-14(10)15(19)16(25-13)17(22)21-20-7-9-4-5-11-12(6-9)24-8-23-11/h1-7H,8H2,(H,21,22)/b20-7-. The third-order valence-corrected chi connectivity index (χ3v) is 5.55. The van der Waals surface area contributed by atoms with E-state index in [1.807, 2.05) is 18.2 Å². The van der Waals surface area contributed by atoms with Gasteiger partial charge >= 0.3 is 0 Å². The first-order chi connectivity index (χ1) is 12.1. The number of carbonyl (C=O) groups excluding carboxylic acids is 1. The third-order valence-electron chi connectivity index (χ3n) is 3.59. The second-order valence-corrected chi connectivity index (χ2v) is 7.01. The van der Waals surface area contributed by atoms with Crippen LogP contribution >= 0.6 is 34.5 Å². The lowest BCUT2D eigenvalue weighted by Crippen LogP contribution is -2.16. The van der Waals surface area contributed by atoms with E-state index in [-0.39, 0.29) is 12.7 Å². The molecule has 8 heteroatoms. The Morgan fingerprint density at radius 2 is 2.04 bits per heavy atom. The zero-order valence-corrected chi connectivity index (χ0v) is 14.9. The van der Waals surface area contributed by atoms with Crippen molar-refractivity contribution < 1.29 is 14.3 Å². The van der Waals surface area contributed by atoms with Crippen molar-refractivity contribution in [1.82, 2.24) is 5.43 Å². The molecule has 2 heterocycles. The zero-order valence-electron chi connectivity index (χ0n) is 12.6. The van der Waals surface area contributed by atoms with Gasteiger partial charge in [-0.2, -0.15) is 5.10 Å². The number of ether oxygens (including phenoxy) is 2. The molecule has 0 saturated carbocycles. The Morgan fingerprint density at radius 3 is 2.88 bits per heavy atom. The molecule has 0 spiro atoms. The van der Waals surface area contributed by atoms with E-state index < -0.39 is 0 Å². The quantitative estimate of drug-likeness (QED) is 0.518. The molecule has 2 aromatic carbocycles. The van der Waals surface area contributed by atoms with Gasteiger partial charge in [0.05, 0.1) is 16.3 Å². The minimum Gasteiger partial charge on any atom is -0.454 e. The summed E-state index contributed by atoms with van der Waals surface area (Å²) in [5, 5.41) is 5.50. The van der Waals surface area contributed by atoms with Gasteiger partial charge in [-0.15, -0.1) is 11.3 Å². The summed E-state index contributed by atoms with van der Waals surface area (Å²) in [6.45, 7) is 0.208. The van der Waals surface area contributed by atoms with Crippen LogP contribution in [0.2, 0.25) is 10.0 Å².